The summed E-state index contributed by atoms with van der Waals surface area (Å²) in [6, 6.07) is 7.71. The number of anilines is 1. The van der Waals surface area contributed by atoms with Crippen molar-refractivity contribution >= 4 is 50.7 Å². The Labute approximate surface area is 218 Å². The molecule has 0 bridgehead atoms. The van der Waals surface area contributed by atoms with Crippen molar-refractivity contribution in [2.24, 2.45) is 0 Å². The third kappa shape index (κ3) is 7.75. The predicted octanol–water partition coefficient (Wildman–Crippen LogP) is 4.72. The third-order valence-electron chi connectivity index (χ3n) is 5.24. The van der Waals surface area contributed by atoms with E-state index in [1.807, 2.05) is 6.92 Å². The SMILES string of the molecule is CCCNC(=O)C(C)N(Cc1ccccc1Cl)C(=O)CN(c1cc(C(F)(F)F)ccc1Cl)S(C)(=O)=O. The smallest absolute Gasteiger partial charge is 0.354 e. The Bertz CT molecular complexity index is 1210. The number of halogens is 5. The van der Waals surface area contributed by atoms with Gasteiger partial charge in [0.2, 0.25) is 21.8 Å². The molecular weight excluding hydrogens is 542 g/mol. The Balaban J connectivity index is 2.50. The van der Waals surface area contributed by atoms with Crippen LogP contribution in [0, 0.1) is 0 Å². The molecule has 36 heavy (non-hydrogen) atoms. The van der Waals surface area contributed by atoms with E-state index in [0.717, 1.165) is 17.2 Å². The number of nitrogens with zero attached hydrogens (tertiary/aromatic N) is 2. The van der Waals surface area contributed by atoms with Gasteiger partial charge in [0.1, 0.15) is 12.6 Å². The second-order valence-corrected chi connectivity index (χ2v) is 10.7. The van der Waals surface area contributed by atoms with Gasteiger partial charge < -0.3 is 10.2 Å². The first-order valence-corrected chi connectivity index (χ1v) is 13.4. The standard InChI is InChI=1S/C23H26Cl2F3N3O4S/c1-4-11-29-22(33)15(2)30(13-16-7-5-6-8-18(16)24)21(32)14-31(36(3,34)35)20-12-17(23(26,27)28)9-10-19(20)25/h5-10,12,15H,4,11,13-14H2,1-3H3,(H,29,33). The van der Waals surface area contributed by atoms with Crippen molar-refractivity contribution in [3.05, 3.63) is 63.6 Å². The van der Waals surface area contributed by atoms with Gasteiger partial charge in [0.05, 0.1) is 22.5 Å². The molecule has 0 radical (unpaired) electrons. The molecule has 1 atom stereocenters. The number of nitrogens with one attached hydrogen (secondary N) is 1. The number of benzene rings is 2. The largest absolute Gasteiger partial charge is 0.416 e. The molecule has 0 saturated carbocycles. The van der Waals surface area contributed by atoms with Crippen LogP contribution in [0.2, 0.25) is 10.0 Å². The Morgan fingerprint density at radius 3 is 2.28 bits per heavy atom. The van der Waals surface area contributed by atoms with Crippen LogP contribution in [0.3, 0.4) is 0 Å². The monoisotopic (exact) mass is 567 g/mol. The summed E-state index contributed by atoms with van der Waals surface area (Å²) < 4.78 is 65.5. The summed E-state index contributed by atoms with van der Waals surface area (Å²) in [5.41, 5.74) is -1.16. The molecular formula is C23H26Cl2F3N3O4S. The molecule has 0 spiro atoms. The number of sulfonamides is 1. The third-order valence-corrected chi connectivity index (χ3v) is 7.05. The molecule has 0 aliphatic carbocycles. The zero-order chi connectivity index (χ0) is 27.3. The summed E-state index contributed by atoms with van der Waals surface area (Å²) in [6.45, 7) is 2.62. The minimum absolute atomic E-state index is 0.146. The Morgan fingerprint density at radius 1 is 1.08 bits per heavy atom. The van der Waals surface area contributed by atoms with Crippen LogP contribution in [0.4, 0.5) is 18.9 Å². The van der Waals surface area contributed by atoms with E-state index in [4.69, 9.17) is 23.2 Å². The van der Waals surface area contributed by atoms with Crippen molar-refractivity contribution in [1.29, 1.82) is 0 Å². The zero-order valence-electron chi connectivity index (χ0n) is 19.8. The highest BCUT2D eigenvalue weighted by atomic mass is 35.5. The number of rotatable bonds is 10. The maximum absolute atomic E-state index is 13.4. The maximum Gasteiger partial charge on any atom is 0.416 e. The zero-order valence-corrected chi connectivity index (χ0v) is 22.1. The molecule has 0 fully saturated rings. The molecule has 1 unspecified atom stereocenters. The van der Waals surface area contributed by atoms with E-state index in [2.05, 4.69) is 5.32 Å². The van der Waals surface area contributed by atoms with Crippen molar-refractivity contribution in [2.75, 3.05) is 23.7 Å². The molecule has 1 N–H and O–H groups in total. The van der Waals surface area contributed by atoms with Gasteiger partial charge in [0.25, 0.3) is 0 Å². The van der Waals surface area contributed by atoms with Gasteiger partial charge in [0, 0.05) is 18.1 Å². The first-order chi connectivity index (χ1) is 16.7. The van der Waals surface area contributed by atoms with Crippen LogP contribution in [0.15, 0.2) is 42.5 Å². The summed E-state index contributed by atoms with van der Waals surface area (Å²) in [4.78, 5) is 27.2. The normalized spacial score (nSPS) is 12.7. The lowest BCUT2D eigenvalue weighted by atomic mass is 10.1. The van der Waals surface area contributed by atoms with E-state index in [1.54, 1.807) is 24.3 Å². The number of hydrogen-bond acceptors (Lipinski definition) is 4. The van der Waals surface area contributed by atoms with E-state index in [1.165, 1.54) is 6.92 Å². The molecule has 0 aliphatic rings. The summed E-state index contributed by atoms with van der Waals surface area (Å²) in [6.07, 6.45) is -3.38. The molecule has 13 heteroatoms. The minimum atomic E-state index is -4.77. The molecule has 0 heterocycles. The fourth-order valence-corrected chi connectivity index (χ4v) is 4.58. The van der Waals surface area contributed by atoms with Gasteiger partial charge >= 0.3 is 6.18 Å². The lowest BCUT2D eigenvalue weighted by molar-refractivity contribution is -0.139. The number of hydrogen-bond donors (Lipinski definition) is 1. The molecule has 0 aromatic heterocycles. The lowest BCUT2D eigenvalue weighted by Gasteiger charge is -2.32. The van der Waals surface area contributed by atoms with Crippen LogP contribution < -0.4 is 9.62 Å². The van der Waals surface area contributed by atoms with E-state index in [9.17, 15) is 31.2 Å². The van der Waals surface area contributed by atoms with Crippen molar-refractivity contribution < 1.29 is 31.2 Å². The number of carbonyl (C=O) groups excluding carboxylic acids is 2. The highest BCUT2D eigenvalue weighted by Gasteiger charge is 2.34. The summed E-state index contributed by atoms with van der Waals surface area (Å²) >= 11 is 12.3. The van der Waals surface area contributed by atoms with Crippen molar-refractivity contribution in [1.82, 2.24) is 10.2 Å². The van der Waals surface area contributed by atoms with E-state index in [0.29, 0.717) is 40.0 Å². The van der Waals surface area contributed by atoms with Gasteiger partial charge in [-0.25, -0.2) is 8.42 Å². The quantitative estimate of drug-likeness (QED) is 0.450. The molecule has 2 amide bonds. The molecule has 2 aromatic carbocycles. The highest BCUT2D eigenvalue weighted by Crippen LogP contribution is 2.36. The Hall–Kier alpha value is -2.50. The summed E-state index contributed by atoms with van der Waals surface area (Å²) in [5.74, 6) is -1.33. The first-order valence-electron chi connectivity index (χ1n) is 10.8. The number of alkyl halides is 3. The van der Waals surface area contributed by atoms with Crippen molar-refractivity contribution in [2.45, 2.75) is 39.0 Å². The summed E-state index contributed by atoms with van der Waals surface area (Å²) in [7, 11) is -4.27. The van der Waals surface area contributed by atoms with Gasteiger partial charge in [-0.05, 0) is 43.2 Å². The summed E-state index contributed by atoms with van der Waals surface area (Å²) in [5, 5.41) is 2.69. The topological polar surface area (TPSA) is 86.8 Å². The Morgan fingerprint density at radius 2 is 1.72 bits per heavy atom. The fourth-order valence-electron chi connectivity index (χ4n) is 3.26. The van der Waals surface area contributed by atoms with Crippen molar-refractivity contribution in [3.63, 3.8) is 0 Å². The van der Waals surface area contributed by atoms with Crippen LogP contribution in [-0.4, -0.2) is 50.5 Å². The number of carbonyl (C=O) groups is 2. The molecule has 2 aromatic rings. The predicted molar refractivity (Wildman–Crippen MR) is 133 cm³/mol. The highest BCUT2D eigenvalue weighted by molar-refractivity contribution is 7.92. The Kier molecular flexibility index (Phi) is 10.0. The molecule has 0 saturated heterocycles. The molecule has 7 nitrogen and oxygen atoms in total. The average Bonchev–Trinajstić information content (AvgIpc) is 2.79. The van der Waals surface area contributed by atoms with Gasteiger partial charge in [0.15, 0.2) is 0 Å². The lowest BCUT2D eigenvalue weighted by Crippen LogP contribution is -2.51. The van der Waals surface area contributed by atoms with Crippen LogP contribution in [-0.2, 0) is 32.3 Å². The second-order valence-electron chi connectivity index (χ2n) is 8.01. The fraction of sp³-hybridized carbons (Fsp3) is 0.391. The first kappa shape index (κ1) is 29.7. The van der Waals surface area contributed by atoms with Gasteiger partial charge in [-0.3, -0.25) is 13.9 Å². The molecule has 198 valence electrons. The van der Waals surface area contributed by atoms with Crippen LogP contribution in [0.5, 0.6) is 0 Å². The van der Waals surface area contributed by atoms with Gasteiger partial charge in [-0.15, -0.1) is 0 Å². The average molecular weight is 568 g/mol. The van der Waals surface area contributed by atoms with E-state index < -0.39 is 51.9 Å². The van der Waals surface area contributed by atoms with Crippen molar-refractivity contribution in [3.8, 4) is 0 Å². The van der Waals surface area contributed by atoms with E-state index in [-0.39, 0.29) is 11.6 Å². The van der Waals surface area contributed by atoms with Crippen LogP contribution in [0.25, 0.3) is 0 Å². The van der Waals surface area contributed by atoms with Crippen LogP contribution in [0.1, 0.15) is 31.4 Å². The van der Waals surface area contributed by atoms with E-state index >= 15 is 0 Å². The maximum atomic E-state index is 13.4. The minimum Gasteiger partial charge on any atom is -0.354 e. The van der Waals surface area contributed by atoms with Crippen LogP contribution >= 0.6 is 23.2 Å². The van der Waals surface area contributed by atoms with Gasteiger partial charge in [-0.1, -0.05) is 48.3 Å². The number of amides is 2. The molecule has 0 aliphatic heterocycles. The van der Waals surface area contributed by atoms with Gasteiger partial charge in [-0.2, -0.15) is 13.2 Å². The molecule has 2 rings (SSSR count). The second kappa shape index (κ2) is 12.2.